The van der Waals surface area contributed by atoms with Gasteiger partial charge in [0.1, 0.15) is 0 Å². The second kappa shape index (κ2) is 4.26. The Balaban J connectivity index is 1.96. The van der Waals surface area contributed by atoms with E-state index in [1.54, 1.807) is 6.92 Å². The predicted octanol–water partition coefficient (Wildman–Crippen LogP) is 3.99. The van der Waals surface area contributed by atoms with E-state index in [0.717, 1.165) is 12.0 Å². The Hall–Kier alpha value is -2.15. The number of Topliss-reactive ketones (excluding diaryl/α,β-unsaturated/α-hetero) is 1. The largest absolute Gasteiger partial charge is 0.295 e. The van der Waals surface area contributed by atoms with Crippen molar-refractivity contribution in [2.45, 2.75) is 13.3 Å². The molecule has 0 unspecified atom stereocenters. The molecule has 0 amide bonds. The third-order valence-electron chi connectivity index (χ3n) is 3.40. The number of hydrogen-bond donors (Lipinski definition) is 0. The van der Waals surface area contributed by atoms with Crippen LogP contribution in [0.3, 0.4) is 0 Å². The summed E-state index contributed by atoms with van der Waals surface area (Å²) < 4.78 is 0. The lowest BCUT2D eigenvalue weighted by Crippen LogP contribution is -1.94. The van der Waals surface area contributed by atoms with Crippen molar-refractivity contribution in [2.24, 2.45) is 0 Å². The van der Waals surface area contributed by atoms with Crippen molar-refractivity contribution >= 4 is 17.4 Å². The van der Waals surface area contributed by atoms with Crippen LogP contribution in [0.25, 0.3) is 11.6 Å². The molecule has 0 atom stereocenters. The van der Waals surface area contributed by atoms with Crippen LogP contribution in [0.2, 0.25) is 0 Å². The molecule has 0 heterocycles. The molecule has 0 saturated heterocycles. The number of rotatable bonds is 2. The van der Waals surface area contributed by atoms with E-state index in [1.165, 1.54) is 22.3 Å². The average Bonchev–Trinajstić information content (AvgIpc) is 2.82. The molecule has 1 aliphatic carbocycles. The zero-order valence-electron chi connectivity index (χ0n) is 10.3. The Morgan fingerprint density at radius 3 is 2.56 bits per heavy atom. The van der Waals surface area contributed by atoms with Gasteiger partial charge in [-0.15, -0.1) is 0 Å². The summed E-state index contributed by atoms with van der Waals surface area (Å²) in [6, 6.07) is 16.4. The minimum Gasteiger partial charge on any atom is -0.295 e. The molecule has 1 heteroatoms. The van der Waals surface area contributed by atoms with Crippen LogP contribution in [0.15, 0.2) is 48.5 Å². The first kappa shape index (κ1) is 11.0. The molecule has 0 aromatic heterocycles. The van der Waals surface area contributed by atoms with E-state index in [-0.39, 0.29) is 5.78 Å². The third kappa shape index (κ3) is 1.88. The van der Waals surface area contributed by atoms with E-state index in [1.807, 2.05) is 24.3 Å². The van der Waals surface area contributed by atoms with Crippen molar-refractivity contribution in [2.75, 3.05) is 0 Å². The van der Waals surface area contributed by atoms with Gasteiger partial charge in [0.2, 0.25) is 0 Å². The van der Waals surface area contributed by atoms with Crippen LogP contribution in [-0.2, 0) is 6.42 Å². The molecule has 3 rings (SSSR count). The van der Waals surface area contributed by atoms with E-state index >= 15 is 0 Å². The summed E-state index contributed by atoms with van der Waals surface area (Å²) in [5.41, 5.74) is 5.88. The first-order valence-corrected chi connectivity index (χ1v) is 6.14. The van der Waals surface area contributed by atoms with Crippen molar-refractivity contribution in [3.05, 3.63) is 70.8 Å². The summed E-state index contributed by atoms with van der Waals surface area (Å²) in [4.78, 5) is 11.4. The van der Waals surface area contributed by atoms with Gasteiger partial charge in [0, 0.05) is 5.56 Å². The summed E-state index contributed by atoms with van der Waals surface area (Å²) >= 11 is 0. The molecule has 1 aliphatic rings. The highest BCUT2D eigenvalue weighted by molar-refractivity contribution is 5.96. The minimum atomic E-state index is 0.131. The van der Waals surface area contributed by atoms with Gasteiger partial charge in [-0.1, -0.05) is 48.5 Å². The van der Waals surface area contributed by atoms with Crippen molar-refractivity contribution in [3.63, 3.8) is 0 Å². The Labute approximate surface area is 107 Å². The summed E-state index contributed by atoms with van der Waals surface area (Å²) in [5, 5.41) is 0. The number of ketones is 1. The second-order valence-electron chi connectivity index (χ2n) is 4.68. The SMILES string of the molecule is CC(=O)c1ccc2c(c1)CC(c1ccccc1)=C2. The molecule has 0 radical (unpaired) electrons. The maximum Gasteiger partial charge on any atom is 0.159 e. The van der Waals surface area contributed by atoms with Gasteiger partial charge >= 0.3 is 0 Å². The monoisotopic (exact) mass is 234 g/mol. The summed E-state index contributed by atoms with van der Waals surface area (Å²) in [6.07, 6.45) is 3.13. The van der Waals surface area contributed by atoms with E-state index in [4.69, 9.17) is 0 Å². The predicted molar refractivity (Wildman–Crippen MR) is 74.5 cm³/mol. The molecule has 0 bridgehead atoms. The Kier molecular flexibility index (Phi) is 2.60. The highest BCUT2D eigenvalue weighted by Gasteiger charge is 2.15. The normalized spacial score (nSPS) is 13.1. The Morgan fingerprint density at radius 1 is 1.06 bits per heavy atom. The Bertz CT molecular complexity index is 636. The molecule has 0 N–H and O–H groups in total. The molecule has 0 saturated carbocycles. The first-order valence-electron chi connectivity index (χ1n) is 6.14. The fraction of sp³-hybridized carbons (Fsp3) is 0.118. The van der Waals surface area contributed by atoms with Crippen LogP contribution >= 0.6 is 0 Å². The fourth-order valence-corrected chi connectivity index (χ4v) is 2.40. The lowest BCUT2D eigenvalue weighted by atomic mass is 10.0. The van der Waals surface area contributed by atoms with Gasteiger partial charge in [0.05, 0.1) is 0 Å². The third-order valence-corrected chi connectivity index (χ3v) is 3.40. The summed E-state index contributed by atoms with van der Waals surface area (Å²) in [6.45, 7) is 1.61. The number of hydrogen-bond acceptors (Lipinski definition) is 1. The molecule has 0 aliphatic heterocycles. The van der Waals surface area contributed by atoms with Gasteiger partial charge in [-0.2, -0.15) is 0 Å². The van der Waals surface area contributed by atoms with Crippen LogP contribution < -0.4 is 0 Å². The second-order valence-corrected chi connectivity index (χ2v) is 4.68. The van der Waals surface area contributed by atoms with E-state index in [2.05, 4.69) is 30.3 Å². The van der Waals surface area contributed by atoms with E-state index in [0.29, 0.717) is 0 Å². The number of allylic oxidation sites excluding steroid dienone is 1. The highest BCUT2D eigenvalue weighted by Crippen LogP contribution is 2.31. The van der Waals surface area contributed by atoms with Gasteiger partial charge in [-0.3, -0.25) is 4.79 Å². The topological polar surface area (TPSA) is 17.1 Å². The number of carbonyl (C=O) groups excluding carboxylic acids is 1. The zero-order valence-corrected chi connectivity index (χ0v) is 10.3. The van der Waals surface area contributed by atoms with Crippen molar-refractivity contribution in [1.29, 1.82) is 0 Å². The molecule has 1 nitrogen and oxygen atoms in total. The van der Waals surface area contributed by atoms with Gasteiger partial charge < -0.3 is 0 Å². The lowest BCUT2D eigenvalue weighted by Gasteiger charge is -2.02. The summed E-state index contributed by atoms with van der Waals surface area (Å²) in [5.74, 6) is 0.131. The molecule has 2 aromatic rings. The van der Waals surface area contributed by atoms with Crippen molar-refractivity contribution in [1.82, 2.24) is 0 Å². The van der Waals surface area contributed by atoms with Crippen molar-refractivity contribution in [3.8, 4) is 0 Å². The molecular weight excluding hydrogens is 220 g/mol. The highest BCUT2D eigenvalue weighted by atomic mass is 16.1. The molecule has 0 fully saturated rings. The number of carbonyl (C=O) groups is 1. The molecule has 2 aromatic carbocycles. The van der Waals surface area contributed by atoms with Crippen LogP contribution in [0.4, 0.5) is 0 Å². The molecule has 88 valence electrons. The van der Waals surface area contributed by atoms with Gasteiger partial charge in [0.25, 0.3) is 0 Å². The van der Waals surface area contributed by atoms with Crippen LogP contribution in [0, 0.1) is 0 Å². The van der Waals surface area contributed by atoms with Crippen molar-refractivity contribution < 1.29 is 4.79 Å². The van der Waals surface area contributed by atoms with E-state index < -0.39 is 0 Å². The fourth-order valence-electron chi connectivity index (χ4n) is 2.40. The maximum atomic E-state index is 11.4. The minimum absolute atomic E-state index is 0.131. The molecular formula is C17H14O. The summed E-state index contributed by atoms with van der Waals surface area (Å²) in [7, 11) is 0. The van der Waals surface area contributed by atoms with Crippen LogP contribution in [0.5, 0.6) is 0 Å². The average molecular weight is 234 g/mol. The van der Waals surface area contributed by atoms with E-state index in [9.17, 15) is 4.79 Å². The van der Waals surface area contributed by atoms with Crippen LogP contribution in [0.1, 0.15) is 34.0 Å². The quantitative estimate of drug-likeness (QED) is 0.718. The Morgan fingerprint density at radius 2 is 1.83 bits per heavy atom. The van der Waals surface area contributed by atoms with Crippen LogP contribution in [-0.4, -0.2) is 5.78 Å². The zero-order chi connectivity index (χ0) is 12.5. The van der Waals surface area contributed by atoms with Gasteiger partial charge in [0.15, 0.2) is 5.78 Å². The number of fused-ring (bicyclic) bond motifs is 1. The first-order chi connectivity index (χ1) is 8.74. The van der Waals surface area contributed by atoms with Gasteiger partial charge in [-0.05, 0) is 41.7 Å². The lowest BCUT2D eigenvalue weighted by molar-refractivity contribution is 0.101. The molecule has 0 spiro atoms. The molecule has 18 heavy (non-hydrogen) atoms. The maximum absolute atomic E-state index is 11.4. The number of benzene rings is 2. The van der Waals surface area contributed by atoms with Gasteiger partial charge in [-0.25, -0.2) is 0 Å². The smallest absolute Gasteiger partial charge is 0.159 e. The standard InChI is InChI=1S/C17H14O/c1-12(18)14-7-8-15-10-16(11-17(15)9-14)13-5-3-2-4-6-13/h2-10H,11H2,1H3.